The summed E-state index contributed by atoms with van der Waals surface area (Å²) in [6.07, 6.45) is 12.6. The normalized spacial score (nSPS) is 16.6. The van der Waals surface area contributed by atoms with Crippen LogP contribution in [0.4, 0.5) is 4.79 Å². The first kappa shape index (κ1) is 56.1. The predicted octanol–water partition coefficient (Wildman–Crippen LogP) is 4.69. The zero-order valence-electron chi connectivity index (χ0n) is 41.4. The lowest BCUT2D eigenvalue weighted by atomic mass is 9.92. The highest BCUT2D eigenvalue weighted by Gasteiger charge is 2.34. The minimum Gasteiger partial charge on any atom is -0.507 e. The fourth-order valence-electron chi connectivity index (χ4n) is 8.09. The number of fused-ring (bicyclic) bond motifs is 5. The number of aromatic hydroxyl groups is 1. The zero-order chi connectivity index (χ0) is 51.0. The number of aryl methyl sites for hydroxylation is 1. The molecule has 9 N–H and O–H groups in total. The van der Waals surface area contributed by atoms with Crippen LogP contribution in [0.3, 0.4) is 0 Å². The lowest BCUT2D eigenvalue weighted by molar-refractivity contribution is -0.145. The zero-order valence-corrected chi connectivity index (χ0v) is 41.4. The maximum Gasteiger partial charge on any atom is 0.328 e. The number of carbonyl (C=O) groups excluding carboxylic acids is 7. The molecule has 0 aliphatic carbocycles. The first-order valence-corrected chi connectivity index (χ1v) is 24.5. The van der Waals surface area contributed by atoms with Crippen molar-refractivity contribution in [3.8, 4) is 16.9 Å². The SMILES string of the molecule is CCCCCCCCCCCCCCNC(=O)N[C@H](COCc1ccccc1)C(=O)N[C@H](N)C(=O)NCC(=O)N(C)[C@@H]1C(=O)N[C@@H](C)C(=O)N[C@H](C(=O)OC)Cc2ccc(C)c(c2)-c2cc1ccc2O. The van der Waals surface area contributed by atoms with Gasteiger partial charge in [0.25, 0.3) is 5.91 Å². The van der Waals surface area contributed by atoms with Gasteiger partial charge in [0.1, 0.15) is 29.9 Å². The monoisotopic (exact) mass is 971 g/mol. The number of nitrogens with zero attached hydrogens (tertiary/aromatic N) is 1. The molecule has 0 saturated heterocycles. The molecule has 4 rings (SSSR count). The van der Waals surface area contributed by atoms with Gasteiger partial charge in [-0.05, 0) is 60.2 Å². The molecule has 3 aromatic rings. The van der Waals surface area contributed by atoms with E-state index in [9.17, 15) is 38.7 Å². The van der Waals surface area contributed by atoms with Crippen molar-refractivity contribution < 1.29 is 48.1 Å². The van der Waals surface area contributed by atoms with Crippen molar-refractivity contribution in [2.24, 2.45) is 5.73 Å². The lowest BCUT2D eigenvalue weighted by Gasteiger charge is -2.30. The number of hydrogen-bond acceptors (Lipinski definition) is 11. The molecule has 18 heteroatoms. The van der Waals surface area contributed by atoms with Crippen molar-refractivity contribution in [2.45, 2.75) is 141 Å². The second kappa shape index (κ2) is 29.5. The number of benzene rings is 3. The van der Waals surface area contributed by atoms with Gasteiger partial charge >= 0.3 is 12.0 Å². The van der Waals surface area contributed by atoms with Crippen molar-refractivity contribution in [1.82, 2.24) is 36.8 Å². The van der Waals surface area contributed by atoms with Crippen LogP contribution in [-0.4, -0.2) is 110 Å². The number of likely N-dealkylation sites (N-methyl/N-ethyl adjacent to an activating group) is 1. The van der Waals surface area contributed by atoms with E-state index < -0.39 is 78.4 Å². The topological polar surface area (TPSA) is 260 Å². The minimum absolute atomic E-state index is 0.0586. The molecule has 0 saturated carbocycles. The Morgan fingerprint density at radius 2 is 1.46 bits per heavy atom. The first-order chi connectivity index (χ1) is 33.6. The van der Waals surface area contributed by atoms with E-state index in [4.69, 9.17) is 15.2 Å². The average molecular weight is 971 g/mol. The van der Waals surface area contributed by atoms with E-state index in [-0.39, 0.29) is 30.9 Å². The smallest absolute Gasteiger partial charge is 0.328 e. The van der Waals surface area contributed by atoms with Gasteiger partial charge in [-0.25, -0.2) is 9.59 Å². The van der Waals surface area contributed by atoms with Gasteiger partial charge in [0.15, 0.2) is 6.17 Å². The summed E-state index contributed by atoms with van der Waals surface area (Å²) < 4.78 is 10.7. The summed E-state index contributed by atoms with van der Waals surface area (Å²) >= 11 is 0. The molecule has 1 aliphatic heterocycles. The number of rotatable bonds is 25. The number of hydrogen-bond donors (Lipinski definition) is 8. The summed E-state index contributed by atoms with van der Waals surface area (Å²) in [6, 6.07) is 13.5. The Morgan fingerprint density at radius 3 is 2.11 bits per heavy atom. The van der Waals surface area contributed by atoms with E-state index in [0.29, 0.717) is 23.2 Å². The van der Waals surface area contributed by atoms with E-state index in [2.05, 4.69) is 38.8 Å². The third kappa shape index (κ3) is 18.1. The number of methoxy groups -OCH3 is 1. The molecule has 382 valence electrons. The Labute approximate surface area is 411 Å². The van der Waals surface area contributed by atoms with E-state index in [0.717, 1.165) is 41.7 Å². The Kier molecular flexibility index (Phi) is 23.6. The maximum atomic E-state index is 14.1. The van der Waals surface area contributed by atoms with E-state index in [1.807, 2.05) is 37.3 Å². The Morgan fingerprint density at radius 1 is 0.800 bits per heavy atom. The average Bonchev–Trinajstić information content (AvgIpc) is 3.34. The van der Waals surface area contributed by atoms with Crippen LogP contribution in [0.25, 0.3) is 11.1 Å². The van der Waals surface area contributed by atoms with Gasteiger partial charge in [-0.3, -0.25) is 24.0 Å². The molecule has 0 unspecified atom stereocenters. The van der Waals surface area contributed by atoms with Crippen molar-refractivity contribution >= 4 is 41.5 Å². The number of nitrogens with one attached hydrogen (secondary N) is 6. The molecule has 4 bridgehead atoms. The summed E-state index contributed by atoms with van der Waals surface area (Å²) in [5, 5.41) is 26.5. The number of amides is 7. The molecule has 0 spiro atoms. The second-order valence-electron chi connectivity index (χ2n) is 17.9. The number of unbranched alkanes of at least 4 members (excludes halogenated alkanes) is 11. The molecular weight excluding hydrogens is 897 g/mol. The van der Waals surface area contributed by atoms with E-state index >= 15 is 0 Å². The van der Waals surface area contributed by atoms with Gasteiger partial charge < -0.3 is 57.1 Å². The summed E-state index contributed by atoms with van der Waals surface area (Å²) in [4.78, 5) is 94.9. The highest BCUT2D eigenvalue weighted by atomic mass is 16.5. The number of esters is 1. The molecule has 1 heterocycles. The highest BCUT2D eigenvalue weighted by molar-refractivity contribution is 5.96. The standard InChI is InChI=1S/C52H74N8O10/c1-6-7-8-9-10-11-12-13-14-15-16-20-27-54-52(68)58-42(33-70-32-36-21-18-17-19-22-36)48(64)59-46(53)50(66)55-31-44(62)60(4)45-38-25-26-43(61)40(30-38)39-28-37(24-23-34(39)2)29-41(51(67)69-5)57-47(63)35(3)56-49(45)65/h17-19,21-26,28,30,35,41-42,45-46,61H,6-16,20,27,29,31-33,53H2,1-5H3,(H,55,66)(H,56,65)(H,57,63)(H,59,64)(H2,54,58,68)/t35-,41-,42+,45-,46-/m0/s1. The van der Waals surface area contributed by atoms with Crippen LogP contribution < -0.4 is 37.6 Å². The molecule has 1 aliphatic rings. The van der Waals surface area contributed by atoms with E-state index in [1.54, 1.807) is 24.3 Å². The molecule has 0 radical (unpaired) electrons. The third-order valence-corrected chi connectivity index (χ3v) is 12.3. The first-order valence-electron chi connectivity index (χ1n) is 24.5. The number of carbonyl (C=O) groups is 7. The number of ether oxygens (including phenoxy) is 2. The number of phenols is 1. The van der Waals surface area contributed by atoms with E-state index in [1.165, 1.54) is 84.6 Å². The van der Waals surface area contributed by atoms with Gasteiger partial charge in [0.05, 0.1) is 26.9 Å². The van der Waals surface area contributed by atoms with Crippen molar-refractivity contribution in [1.29, 1.82) is 0 Å². The Bertz CT molecular complexity index is 2210. The van der Waals surface area contributed by atoms with Crippen molar-refractivity contribution in [2.75, 3.05) is 33.9 Å². The molecule has 7 amide bonds. The highest BCUT2D eigenvalue weighted by Crippen LogP contribution is 2.36. The summed E-state index contributed by atoms with van der Waals surface area (Å²) in [5.74, 6) is -4.81. The van der Waals surface area contributed by atoms with Crippen LogP contribution in [0.15, 0.2) is 66.7 Å². The largest absolute Gasteiger partial charge is 0.507 e. The molecule has 18 nitrogen and oxygen atoms in total. The van der Waals surface area contributed by atoms with Crippen LogP contribution >= 0.6 is 0 Å². The fourth-order valence-corrected chi connectivity index (χ4v) is 8.09. The molecule has 5 atom stereocenters. The van der Waals surface area contributed by atoms with Gasteiger partial charge in [-0.1, -0.05) is 132 Å². The van der Waals surface area contributed by atoms with Gasteiger partial charge in [-0.2, -0.15) is 0 Å². The van der Waals surface area contributed by atoms with Crippen molar-refractivity contribution in [3.05, 3.63) is 89.0 Å². The molecular formula is C52H74N8O10. The molecule has 0 fully saturated rings. The number of urea groups is 1. The third-order valence-electron chi connectivity index (χ3n) is 12.3. The van der Waals surface area contributed by atoms with Crippen LogP contribution in [0.2, 0.25) is 0 Å². The second-order valence-corrected chi connectivity index (χ2v) is 17.9. The van der Waals surface area contributed by atoms with Gasteiger partial charge in [0.2, 0.25) is 23.6 Å². The number of phenolic OH excluding ortho intramolecular Hbond substituents is 1. The van der Waals surface area contributed by atoms with Crippen LogP contribution in [0.5, 0.6) is 5.75 Å². The van der Waals surface area contributed by atoms with Gasteiger partial charge in [-0.15, -0.1) is 0 Å². The fraction of sp³-hybridized carbons (Fsp3) is 0.519. The van der Waals surface area contributed by atoms with Crippen LogP contribution in [-0.2, 0) is 51.3 Å². The number of nitrogens with two attached hydrogens (primary N) is 1. The quantitative estimate of drug-likeness (QED) is 0.0328. The Balaban J connectivity index is 1.38. The van der Waals surface area contributed by atoms with Crippen LogP contribution in [0.1, 0.15) is 119 Å². The van der Waals surface area contributed by atoms with Crippen LogP contribution in [0, 0.1) is 6.92 Å². The summed E-state index contributed by atoms with van der Waals surface area (Å²) in [7, 11) is 2.52. The summed E-state index contributed by atoms with van der Waals surface area (Å²) in [5.41, 5.74) is 9.53. The van der Waals surface area contributed by atoms with Gasteiger partial charge in [0, 0.05) is 25.6 Å². The van der Waals surface area contributed by atoms with Crippen molar-refractivity contribution in [3.63, 3.8) is 0 Å². The molecule has 70 heavy (non-hydrogen) atoms. The Hall–Kier alpha value is -6.53. The minimum atomic E-state index is -1.67. The maximum absolute atomic E-state index is 14.1. The molecule has 0 aromatic heterocycles. The predicted molar refractivity (Wildman–Crippen MR) is 266 cm³/mol. The molecule has 3 aromatic carbocycles. The summed E-state index contributed by atoms with van der Waals surface area (Å²) in [6.45, 7) is 5.09. The lowest BCUT2D eigenvalue weighted by Crippen LogP contribution is -2.59.